The predicted molar refractivity (Wildman–Crippen MR) is 525 cm³/mol. The van der Waals surface area contributed by atoms with Gasteiger partial charge in [0, 0.05) is 78.9 Å². The normalized spacial score (nSPS) is 11.4. The maximum absolute atomic E-state index is 4.36. The Bertz CT molecular complexity index is 7850. The number of hydrogen-bond acceptors (Lipinski definition) is 3. The molecule has 124 heavy (non-hydrogen) atoms. The van der Waals surface area contributed by atoms with E-state index in [0.29, 0.717) is 0 Å². The van der Waals surface area contributed by atoms with Crippen molar-refractivity contribution in [1.82, 2.24) is 14.1 Å². The van der Waals surface area contributed by atoms with Gasteiger partial charge in [-0.05, 0) is 232 Å². The topological polar surface area (TPSA) is 29.2 Å². The molecule has 20 aromatic carbocycles. The molecule has 0 fully saturated rings. The summed E-state index contributed by atoms with van der Waals surface area (Å²) in [7, 11) is 0. The Balaban J connectivity index is 0.000000148. The zero-order valence-corrected chi connectivity index (χ0v) is 68.0. The third-order valence-electron chi connectivity index (χ3n) is 24.4. The Morgan fingerprint density at radius 3 is 1.07 bits per heavy atom. The van der Waals surface area contributed by atoms with Gasteiger partial charge in [-0.3, -0.25) is 4.98 Å². The SMILES string of the molecule is c1ccc(-c2cc(-c3ccccc3)cc(-n3c4ccccc4c4ccc(-c5cccc(-c6ccccc6N(c6ccc7ccccc7c6)c6cccc7ccccc67)c5)cc43)c2)cc1.c1ccc(-c2ccc(-n3c4ccccc4c4ccc(-c5cccc(-c6ccccc6N(c6ccc(-c7cccnc7)cc6)c6ccc7ccccc7c6)c5)cc43)cc2)cc1. The quantitative estimate of drug-likeness (QED) is 0.0965. The minimum atomic E-state index is 1.08. The Labute approximate surface area is 721 Å². The average molecular weight is 1580 g/mol. The molecule has 0 amide bonds. The van der Waals surface area contributed by atoms with E-state index in [0.717, 1.165) is 84.4 Å². The number of fused-ring (bicyclic) bond motifs is 9. The van der Waals surface area contributed by atoms with Crippen molar-refractivity contribution in [2.45, 2.75) is 0 Å². The largest absolute Gasteiger partial charge is 0.310 e. The molecule has 0 saturated heterocycles. The minimum Gasteiger partial charge on any atom is -0.310 e. The summed E-state index contributed by atoms with van der Waals surface area (Å²) >= 11 is 0. The molecule has 0 bridgehead atoms. The van der Waals surface area contributed by atoms with Crippen LogP contribution in [0.4, 0.5) is 34.1 Å². The fraction of sp³-hybridized carbons (Fsp3) is 0. The fourth-order valence-corrected chi connectivity index (χ4v) is 18.4. The van der Waals surface area contributed by atoms with E-state index in [1.54, 1.807) is 0 Å². The van der Waals surface area contributed by atoms with E-state index in [1.165, 1.54) is 126 Å². The van der Waals surface area contributed by atoms with Crippen molar-refractivity contribution >= 4 is 110 Å². The minimum absolute atomic E-state index is 1.08. The van der Waals surface area contributed by atoms with Crippen LogP contribution in [-0.4, -0.2) is 14.1 Å². The lowest BCUT2D eigenvalue weighted by Crippen LogP contribution is -2.11. The van der Waals surface area contributed by atoms with Gasteiger partial charge in [0.25, 0.3) is 0 Å². The summed E-state index contributed by atoms with van der Waals surface area (Å²) in [5.41, 5.74) is 32.4. The van der Waals surface area contributed by atoms with Crippen LogP contribution >= 0.6 is 0 Å². The van der Waals surface area contributed by atoms with Gasteiger partial charge in [0.15, 0.2) is 0 Å². The summed E-state index contributed by atoms with van der Waals surface area (Å²) < 4.78 is 4.86. The van der Waals surface area contributed by atoms with E-state index in [9.17, 15) is 0 Å². The summed E-state index contributed by atoms with van der Waals surface area (Å²) in [5, 5.41) is 12.2. The number of rotatable bonds is 16. The van der Waals surface area contributed by atoms with Crippen LogP contribution in [0.3, 0.4) is 0 Å². The van der Waals surface area contributed by atoms with Crippen LogP contribution in [0.1, 0.15) is 0 Å². The van der Waals surface area contributed by atoms with E-state index >= 15 is 0 Å². The first-order valence-electron chi connectivity index (χ1n) is 42.4. The highest BCUT2D eigenvalue weighted by Crippen LogP contribution is 2.48. The highest BCUT2D eigenvalue weighted by Gasteiger charge is 2.24. The van der Waals surface area contributed by atoms with Crippen LogP contribution in [0.25, 0.3) is 176 Å². The third kappa shape index (κ3) is 14.0. The lowest BCUT2D eigenvalue weighted by Gasteiger charge is -2.29. The number of aromatic nitrogens is 3. The molecule has 5 heteroatoms. The van der Waals surface area contributed by atoms with Crippen molar-refractivity contribution in [3.63, 3.8) is 0 Å². The summed E-state index contributed by atoms with van der Waals surface area (Å²) in [6.07, 6.45) is 3.73. The van der Waals surface area contributed by atoms with Crippen molar-refractivity contribution in [1.29, 1.82) is 0 Å². The molecule has 23 aromatic rings. The van der Waals surface area contributed by atoms with E-state index in [1.807, 2.05) is 18.5 Å². The predicted octanol–water partition coefficient (Wildman–Crippen LogP) is 32.7. The monoisotopic (exact) mass is 1580 g/mol. The van der Waals surface area contributed by atoms with Crippen LogP contribution < -0.4 is 9.80 Å². The number of pyridine rings is 1. The first-order valence-corrected chi connectivity index (χ1v) is 42.4. The van der Waals surface area contributed by atoms with E-state index in [-0.39, 0.29) is 0 Å². The summed E-state index contributed by atoms with van der Waals surface area (Å²) in [6.45, 7) is 0. The van der Waals surface area contributed by atoms with Crippen molar-refractivity contribution in [2.24, 2.45) is 0 Å². The molecule has 0 radical (unpaired) electrons. The summed E-state index contributed by atoms with van der Waals surface area (Å²) in [5.74, 6) is 0. The molecule has 3 aromatic heterocycles. The van der Waals surface area contributed by atoms with Crippen LogP contribution in [0.5, 0.6) is 0 Å². The zero-order chi connectivity index (χ0) is 82.2. The molecule has 0 saturated carbocycles. The standard InChI is InChI=1S/C62H42N2.C57H39N3/c1-3-17-43(18-4-1)51-38-52(44-19-5-2-6-20-44)41-54(40-51)64-61-31-14-12-29-57(61)58-36-34-49(42-62(58)64)47-25-15-26-50(37-47)56-28-11-13-30-59(56)63(53-35-33-45-21-7-8-23-48(45)39-53)60-32-16-24-46-22-9-10-27-55(46)60;1-2-12-40(13-3-1)42-23-31-50(32-24-42)60-56-22-9-7-20-53(56)54-34-28-46(38-57(54)60)44-16-10-17-47(36-44)52-19-6-8-21-55(52)59(51-33-27-41-14-4-5-15-45(41)37-51)49-29-25-43(26-30-49)48-18-11-35-58-39-48/h1-42H;1-39H. The van der Waals surface area contributed by atoms with E-state index in [2.05, 4.69) is 497 Å². The van der Waals surface area contributed by atoms with Gasteiger partial charge >= 0.3 is 0 Å². The smallest absolute Gasteiger partial charge is 0.0547 e. The lowest BCUT2D eigenvalue weighted by molar-refractivity contribution is 1.18. The van der Waals surface area contributed by atoms with Gasteiger partial charge in [0.1, 0.15) is 0 Å². The van der Waals surface area contributed by atoms with Crippen molar-refractivity contribution in [3.8, 4) is 100 Å². The third-order valence-corrected chi connectivity index (χ3v) is 24.4. The Kier molecular flexibility index (Phi) is 19.3. The second kappa shape index (κ2) is 32.3. The molecule has 0 aliphatic rings. The van der Waals surface area contributed by atoms with Gasteiger partial charge in [-0.1, -0.05) is 352 Å². The molecular formula is C119H81N5. The molecule has 0 aliphatic carbocycles. The average Bonchev–Trinajstić information content (AvgIpc) is 1.52. The van der Waals surface area contributed by atoms with Gasteiger partial charge in [-0.25, -0.2) is 0 Å². The van der Waals surface area contributed by atoms with E-state index in [4.69, 9.17) is 0 Å². The number of anilines is 6. The second-order valence-electron chi connectivity index (χ2n) is 31.8. The number of hydrogen-bond donors (Lipinski definition) is 0. The molecule has 0 unspecified atom stereocenters. The first-order chi connectivity index (χ1) is 61.5. The molecule has 5 nitrogen and oxygen atoms in total. The van der Waals surface area contributed by atoms with Gasteiger partial charge < -0.3 is 18.9 Å². The first kappa shape index (κ1) is 73.9. The number of benzene rings is 20. The zero-order valence-electron chi connectivity index (χ0n) is 68.0. The Morgan fingerprint density at radius 1 is 0.169 bits per heavy atom. The second-order valence-corrected chi connectivity index (χ2v) is 31.8. The van der Waals surface area contributed by atoms with Crippen LogP contribution in [0, 0.1) is 0 Å². The molecule has 582 valence electrons. The van der Waals surface area contributed by atoms with Gasteiger partial charge in [-0.15, -0.1) is 0 Å². The van der Waals surface area contributed by atoms with Gasteiger partial charge in [0.05, 0.1) is 39.1 Å². The van der Waals surface area contributed by atoms with Crippen molar-refractivity contribution < 1.29 is 0 Å². The highest BCUT2D eigenvalue weighted by molar-refractivity contribution is 6.12. The molecule has 0 atom stereocenters. The molecule has 0 spiro atoms. The Hall–Kier alpha value is -16.5. The van der Waals surface area contributed by atoms with Gasteiger partial charge in [-0.2, -0.15) is 0 Å². The maximum Gasteiger partial charge on any atom is 0.0547 e. The van der Waals surface area contributed by atoms with Crippen molar-refractivity contribution in [3.05, 3.63) is 492 Å². The summed E-state index contributed by atoms with van der Waals surface area (Å²) in [4.78, 5) is 9.18. The van der Waals surface area contributed by atoms with Crippen molar-refractivity contribution in [2.75, 3.05) is 9.80 Å². The van der Waals surface area contributed by atoms with Crippen LogP contribution in [0.15, 0.2) is 492 Å². The fourth-order valence-electron chi connectivity index (χ4n) is 18.4. The highest BCUT2D eigenvalue weighted by atomic mass is 15.2. The number of nitrogens with zero attached hydrogens (tertiary/aromatic N) is 5. The maximum atomic E-state index is 4.36. The van der Waals surface area contributed by atoms with Crippen LogP contribution in [-0.2, 0) is 0 Å². The molecule has 23 rings (SSSR count). The molecule has 3 heterocycles. The number of para-hydroxylation sites is 4. The van der Waals surface area contributed by atoms with Crippen LogP contribution in [0.2, 0.25) is 0 Å². The lowest BCUT2D eigenvalue weighted by atomic mass is 9.96. The molecule has 0 aliphatic heterocycles. The molecular weight excluding hydrogens is 1500 g/mol. The Morgan fingerprint density at radius 2 is 0.524 bits per heavy atom. The summed E-state index contributed by atoms with van der Waals surface area (Å²) in [6, 6.07) is 174. The molecule has 0 N–H and O–H groups in total. The van der Waals surface area contributed by atoms with E-state index < -0.39 is 0 Å². The van der Waals surface area contributed by atoms with Gasteiger partial charge in [0.2, 0.25) is 0 Å².